The Morgan fingerprint density at radius 2 is 1.86 bits per heavy atom. The summed E-state index contributed by atoms with van der Waals surface area (Å²) in [6, 6.07) is 3.18. The highest BCUT2D eigenvalue weighted by atomic mass is 19.4. The predicted molar refractivity (Wildman–Crippen MR) is 114 cm³/mol. The first kappa shape index (κ1) is 23.9. The summed E-state index contributed by atoms with van der Waals surface area (Å²) < 4.78 is 70.4. The zero-order valence-corrected chi connectivity index (χ0v) is 18.8. The number of halogens is 4. The molecule has 1 saturated carbocycles. The van der Waals surface area contributed by atoms with Gasteiger partial charge in [0, 0.05) is 30.0 Å². The molecule has 1 aromatic heterocycles. The van der Waals surface area contributed by atoms with Gasteiger partial charge in [-0.1, -0.05) is 12.1 Å². The van der Waals surface area contributed by atoms with Crippen LogP contribution < -0.4 is 10.6 Å². The maximum absolute atomic E-state index is 14.5. The molecule has 2 saturated heterocycles. The average molecular weight is 496 g/mol. The van der Waals surface area contributed by atoms with E-state index in [4.69, 9.17) is 14.2 Å². The molecule has 0 spiro atoms. The van der Waals surface area contributed by atoms with Crippen molar-refractivity contribution in [3.63, 3.8) is 0 Å². The summed E-state index contributed by atoms with van der Waals surface area (Å²) in [4.78, 5) is 21.5. The van der Waals surface area contributed by atoms with Crippen LogP contribution in [0.25, 0.3) is 0 Å². The van der Waals surface area contributed by atoms with Crippen LogP contribution in [0.3, 0.4) is 0 Å². The van der Waals surface area contributed by atoms with E-state index in [0.29, 0.717) is 61.4 Å². The van der Waals surface area contributed by atoms with Crippen molar-refractivity contribution >= 4 is 11.7 Å². The third-order valence-electron chi connectivity index (χ3n) is 6.43. The Labute approximate surface area is 198 Å². The van der Waals surface area contributed by atoms with Crippen LogP contribution in [0.15, 0.2) is 18.2 Å². The number of hydrogen-bond acceptors (Lipinski definition) is 7. The molecule has 188 valence electrons. The lowest BCUT2D eigenvalue weighted by molar-refractivity contribution is -0.140. The number of carbonyl (C=O) groups is 1. The number of ether oxygens (including phenoxy) is 3. The van der Waals surface area contributed by atoms with E-state index in [2.05, 4.69) is 20.6 Å². The van der Waals surface area contributed by atoms with Crippen LogP contribution >= 0.6 is 0 Å². The van der Waals surface area contributed by atoms with Crippen LogP contribution in [0.2, 0.25) is 0 Å². The highest BCUT2D eigenvalue weighted by Crippen LogP contribution is 2.44. The third-order valence-corrected chi connectivity index (χ3v) is 6.43. The lowest BCUT2D eigenvalue weighted by atomic mass is 10.1. The molecule has 1 amide bonds. The maximum atomic E-state index is 14.5. The van der Waals surface area contributed by atoms with Gasteiger partial charge in [0.05, 0.1) is 49.7 Å². The molecular formula is C23H24F4N4O4. The Hall–Kier alpha value is -2.83. The Morgan fingerprint density at radius 1 is 1.14 bits per heavy atom. The molecule has 8 nitrogen and oxygen atoms in total. The minimum Gasteiger partial charge on any atom is -0.381 e. The Morgan fingerprint density at radius 3 is 2.54 bits per heavy atom. The second-order valence-electron chi connectivity index (χ2n) is 8.82. The zero-order chi connectivity index (χ0) is 24.7. The highest BCUT2D eigenvalue weighted by molar-refractivity contribution is 5.79. The molecule has 0 bridgehead atoms. The summed E-state index contributed by atoms with van der Waals surface area (Å²) in [5, 5.41) is 5.91. The smallest absolute Gasteiger partial charge is 0.381 e. The first-order valence-electron chi connectivity index (χ1n) is 11.3. The van der Waals surface area contributed by atoms with Gasteiger partial charge in [-0.2, -0.15) is 13.2 Å². The number of aromatic nitrogens is 2. The second kappa shape index (κ2) is 9.32. The van der Waals surface area contributed by atoms with Crippen LogP contribution in [0.1, 0.15) is 34.5 Å². The fourth-order valence-corrected chi connectivity index (χ4v) is 4.64. The van der Waals surface area contributed by atoms with Crippen LogP contribution in [-0.2, 0) is 38.1 Å². The number of fused-ring (bicyclic) bond motifs is 1. The fraction of sp³-hybridized carbons (Fsp3) is 0.522. The molecule has 3 fully saturated rings. The molecule has 2 N–H and O–H groups in total. The van der Waals surface area contributed by atoms with Gasteiger partial charge < -0.3 is 24.8 Å². The summed E-state index contributed by atoms with van der Waals surface area (Å²) in [5.41, 5.74) is -0.783. The molecule has 2 aromatic rings. The van der Waals surface area contributed by atoms with E-state index in [0.717, 1.165) is 6.07 Å². The SMILES string of the molecule is Cc1nc(CC(=O)NC2[C@H]3COC[C@@H]23)c(C2OCCO2)c(NCc2cccc(C(F)(F)F)c2F)n1. The maximum Gasteiger partial charge on any atom is 0.419 e. The normalized spacial score (nSPS) is 23.9. The van der Waals surface area contributed by atoms with Crippen molar-refractivity contribution in [2.24, 2.45) is 11.8 Å². The number of rotatable bonds is 7. The summed E-state index contributed by atoms with van der Waals surface area (Å²) in [7, 11) is 0. The molecule has 3 atom stereocenters. The van der Waals surface area contributed by atoms with Gasteiger partial charge in [0.1, 0.15) is 17.5 Å². The molecule has 12 heteroatoms. The lowest BCUT2D eigenvalue weighted by Crippen LogP contribution is -2.32. The van der Waals surface area contributed by atoms with Crippen molar-refractivity contribution in [1.29, 1.82) is 0 Å². The van der Waals surface area contributed by atoms with E-state index in [9.17, 15) is 22.4 Å². The molecule has 2 aliphatic heterocycles. The third kappa shape index (κ3) is 4.95. The number of carbonyl (C=O) groups excluding carboxylic acids is 1. The van der Waals surface area contributed by atoms with Gasteiger partial charge in [0.2, 0.25) is 5.91 Å². The van der Waals surface area contributed by atoms with Gasteiger partial charge in [0.25, 0.3) is 0 Å². The van der Waals surface area contributed by atoms with Crippen molar-refractivity contribution in [3.05, 3.63) is 52.2 Å². The quantitative estimate of drug-likeness (QED) is 0.570. The van der Waals surface area contributed by atoms with E-state index in [1.807, 2.05) is 0 Å². The molecule has 3 aliphatic rings. The number of alkyl halides is 3. The first-order chi connectivity index (χ1) is 16.7. The minimum atomic E-state index is -4.81. The zero-order valence-electron chi connectivity index (χ0n) is 18.8. The van der Waals surface area contributed by atoms with E-state index >= 15 is 0 Å². The predicted octanol–water partition coefficient (Wildman–Crippen LogP) is 2.90. The van der Waals surface area contributed by atoms with Gasteiger partial charge in [-0.05, 0) is 13.0 Å². The highest BCUT2D eigenvalue weighted by Gasteiger charge is 2.54. The number of nitrogens with zero attached hydrogens (tertiary/aromatic N) is 2. The molecule has 1 unspecified atom stereocenters. The van der Waals surface area contributed by atoms with Gasteiger partial charge in [-0.15, -0.1) is 0 Å². The topological polar surface area (TPSA) is 94.6 Å². The van der Waals surface area contributed by atoms with Crippen molar-refractivity contribution in [1.82, 2.24) is 15.3 Å². The van der Waals surface area contributed by atoms with E-state index in [-0.39, 0.29) is 36.3 Å². The largest absolute Gasteiger partial charge is 0.419 e. The van der Waals surface area contributed by atoms with Gasteiger partial charge in [0.15, 0.2) is 6.29 Å². The first-order valence-corrected chi connectivity index (χ1v) is 11.3. The molecule has 3 heterocycles. The number of nitrogens with one attached hydrogen (secondary N) is 2. The van der Waals surface area contributed by atoms with E-state index < -0.39 is 23.8 Å². The van der Waals surface area contributed by atoms with Crippen molar-refractivity contribution in [3.8, 4) is 0 Å². The molecular weight excluding hydrogens is 472 g/mol. The summed E-state index contributed by atoms with van der Waals surface area (Å²) in [6.45, 7) is 3.26. The Kier molecular flexibility index (Phi) is 6.36. The molecule has 35 heavy (non-hydrogen) atoms. The Balaban J connectivity index is 1.38. The number of amides is 1. The molecule has 1 aliphatic carbocycles. The summed E-state index contributed by atoms with van der Waals surface area (Å²) >= 11 is 0. The van der Waals surface area contributed by atoms with Gasteiger partial charge in [-0.3, -0.25) is 4.79 Å². The van der Waals surface area contributed by atoms with E-state index in [1.54, 1.807) is 6.92 Å². The number of anilines is 1. The van der Waals surface area contributed by atoms with Crippen molar-refractivity contribution < 1.29 is 36.6 Å². The number of benzene rings is 1. The number of hydrogen-bond donors (Lipinski definition) is 2. The minimum absolute atomic E-state index is 0.0642. The van der Waals surface area contributed by atoms with Gasteiger partial charge >= 0.3 is 6.18 Å². The number of aryl methyl sites for hydroxylation is 1. The van der Waals surface area contributed by atoms with Gasteiger partial charge in [-0.25, -0.2) is 14.4 Å². The monoisotopic (exact) mass is 496 g/mol. The lowest BCUT2D eigenvalue weighted by Gasteiger charge is -2.20. The van der Waals surface area contributed by atoms with Crippen LogP contribution in [0, 0.1) is 24.6 Å². The molecule has 0 radical (unpaired) electrons. The summed E-state index contributed by atoms with van der Waals surface area (Å²) in [6.07, 6.45) is -5.73. The van der Waals surface area contributed by atoms with Crippen LogP contribution in [0.4, 0.5) is 23.4 Å². The van der Waals surface area contributed by atoms with Crippen LogP contribution in [0.5, 0.6) is 0 Å². The van der Waals surface area contributed by atoms with Crippen molar-refractivity contribution in [2.45, 2.75) is 38.4 Å². The Bertz CT molecular complexity index is 1110. The molecule has 5 rings (SSSR count). The molecule has 1 aromatic carbocycles. The van der Waals surface area contributed by atoms with E-state index in [1.165, 1.54) is 6.07 Å². The standard InChI is InChI=1S/C23H24F4N4O4/c1-11-29-16(7-17(32)31-20-13-9-33-10-14(13)20)18(22-34-5-6-35-22)21(30-11)28-8-12-3-2-4-15(19(12)24)23(25,26)27/h2-4,13-14,20,22H,5-10H2,1H3,(H,31,32)(H,28,29,30)/t13-,14+,20?. The average Bonchev–Trinajstić information content (AvgIpc) is 3.21. The van der Waals surface area contributed by atoms with Crippen LogP contribution in [-0.4, -0.2) is 48.3 Å². The fourth-order valence-electron chi connectivity index (χ4n) is 4.64. The van der Waals surface area contributed by atoms with Crippen molar-refractivity contribution in [2.75, 3.05) is 31.7 Å². The second-order valence-corrected chi connectivity index (χ2v) is 8.82. The summed E-state index contributed by atoms with van der Waals surface area (Å²) in [5.74, 6) is -0.361.